The van der Waals surface area contributed by atoms with Crippen LogP contribution in [0.3, 0.4) is 0 Å². The quantitative estimate of drug-likeness (QED) is 0.771. The fourth-order valence-electron chi connectivity index (χ4n) is 0.726. The molecule has 0 amide bonds. The molecule has 5 heteroatoms. The molecule has 1 heterocycles. The predicted octanol–water partition coefficient (Wildman–Crippen LogP) is 2.26. The van der Waals surface area contributed by atoms with Crippen LogP contribution in [-0.2, 0) is 5.75 Å². The first-order valence-corrected chi connectivity index (χ1v) is 5.22. The van der Waals surface area contributed by atoms with Gasteiger partial charge in [-0.2, -0.15) is 16.9 Å². The molecule has 0 saturated heterocycles. The second-order valence-electron chi connectivity index (χ2n) is 2.32. The standard InChI is InChI=1S/C7H10ClNO2S/c1-2-3-12-4-5-6(8)7(10)9-11-5/h2-4H2,1H3,(H,9,10). The third-order valence-corrected chi connectivity index (χ3v) is 2.84. The van der Waals surface area contributed by atoms with Gasteiger partial charge in [-0.1, -0.05) is 18.5 Å². The molecular weight excluding hydrogens is 198 g/mol. The SMILES string of the molecule is CCCSCc1o[nH]c(=O)c1Cl. The van der Waals surface area contributed by atoms with Crippen LogP contribution < -0.4 is 5.56 Å². The number of nitrogens with one attached hydrogen (secondary N) is 1. The minimum atomic E-state index is -0.344. The molecule has 0 aliphatic rings. The number of aromatic nitrogens is 1. The normalized spacial score (nSPS) is 10.5. The molecule has 0 radical (unpaired) electrons. The number of hydrogen-bond acceptors (Lipinski definition) is 3. The van der Waals surface area contributed by atoms with Crippen LogP contribution in [0.25, 0.3) is 0 Å². The van der Waals surface area contributed by atoms with Crippen LogP contribution in [0.4, 0.5) is 0 Å². The summed E-state index contributed by atoms with van der Waals surface area (Å²) in [6, 6.07) is 0. The van der Waals surface area contributed by atoms with Crippen LogP contribution in [-0.4, -0.2) is 10.9 Å². The van der Waals surface area contributed by atoms with Gasteiger partial charge >= 0.3 is 0 Å². The topological polar surface area (TPSA) is 46.0 Å². The molecule has 0 saturated carbocycles. The molecule has 3 nitrogen and oxygen atoms in total. The molecule has 0 spiro atoms. The van der Waals surface area contributed by atoms with Crippen molar-refractivity contribution >= 4 is 23.4 Å². The first-order chi connectivity index (χ1) is 5.75. The van der Waals surface area contributed by atoms with Crippen LogP contribution in [0.5, 0.6) is 0 Å². The summed E-state index contributed by atoms with van der Waals surface area (Å²) < 4.78 is 4.85. The van der Waals surface area contributed by atoms with Crippen molar-refractivity contribution in [3.8, 4) is 0 Å². The van der Waals surface area contributed by atoms with Crippen molar-refractivity contribution in [3.05, 3.63) is 21.1 Å². The molecule has 0 fully saturated rings. The van der Waals surface area contributed by atoms with Crippen LogP contribution in [0.15, 0.2) is 9.32 Å². The van der Waals surface area contributed by atoms with Gasteiger partial charge in [0.25, 0.3) is 5.56 Å². The summed E-state index contributed by atoms with van der Waals surface area (Å²) in [5, 5.41) is 2.37. The number of hydrogen-bond donors (Lipinski definition) is 1. The van der Waals surface area contributed by atoms with E-state index in [2.05, 4.69) is 12.1 Å². The Hall–Kier alpha value is -0.350. The zero-order valence-corrected chi connectivity index (χ0v) is 8.30. The molecule has 12 heavy (non-hydrogen) atoms. The lowest BCUT2D eigenvalue weighted by atomic mass is 10.5. The summed E-state index contributed by atoms with van der Waals surface area (Å²) >= 11 is 7.33. The summed E-state index contributed by atoms with van der Waals surface area (Å²) in [6.45, 7) is 2.10. The molecule has 1 aromatic heterocycles. The fraction of sp³-hybridized carbons (Fsp3) is 0.571. The Balaban J connectivity index is 2.52. The zero-order chi connectivity index (χ0) is 8.97. The molecule has 0 unspecified atom stereocenters. The van der Waals surface area contributed by atoms with Crippen molar-refractivity contribution < 1.29 is 4.52 Å². The lowest BCUT2D eigenvalue weighted by Gasteiger charge is -1.93. The third kappa shape index (κ3) is 2.32. The smallest absolute Gasteiger partial charge is 0.298 e. The van der Waals surface area contributed by atoms with Gasteiger partial charge in [0.2, 0.25) is 0 Å². The number of H-pyrrole nitrogens is 1. The molecule has 0 atom stereocenters. The van der Waals surface area contributed by atoms with Crippen LogP contribution in [0.1, 0.15) is 19.1 Å². The highest BCUT2D eigenvalue weighted by atomic mass is 35.5. The van der Waals surface area contributed by atoms with E-state index in [0.29, 0.717) is 11.5 Å². The predicted molar refractivity (Wildman–Crippen MR) is 50.8 cm³/mol. The zero-order valence-electron chi connectivity index (χ0n) is 6.72. The van der Waals surface area contributed by atoms with Gasteiger partial charge < -0.3 is 4.52 Å². The molecule has 68 valence electrons. The maximum Gasteiger partial charge on any atom is 0.298 e. The molecule has 0 aliphatic carbocycles. The molecule has 0 aliphatic heterocycles. The summed E-state index contributed by atoms with van der Waals surface area (Å²) in [7, 11) is 0. The third-order valence-electron chi connectivity index (χ3n) is 1.29. The second kappa shape index (κ2) is 4.62. The van der Waals surface area contributed by atoms with Gasteiger partial charge in [0.15, 0.2) is 10.8 Å². The maximum atomic E-state index is 10.8. The second-order valence-corrected chi connectivity index (χ2v) is 3.81. The van der Waals surface area contributed by atoms with Gasteiger partial charge in [-0.05, 0) is 12.2 Å². The van der Waals surface area contributed by atoms with E-state index >= 15 is 0 Å². The average molecular weight is 208 g/mol. The Morgan fingerprint density at radius 3 is 2.92 bits per heavy atom. The summed E-state index contributed by atoms with van der Waals surface area (Å²) in [4.78, 5) is 10.8. The van der Waals surface area contributed by atoms with Crippen LogP contribution in [0, 0.1) is 0 Å². The van der Waals surface area contributed by atoms with Crippen molar-refractivity contribution in [1.82, 2.24) is 5.16 Å². The van der Waals surface area contributed by atoms with Crippen LogP contribution in [0.2, 0.25) is 5.02 Å². The highest BCUT2D eigenvalue weighted by Gasteiger charge is 2.08. The first-order valence-electron chi connectivity index (χ1n) is 3.69. The van der Waals surface area contributed by atoms with E-state index in [1.54, 1.807) is 11.8 Å². The van der Waals surface area contributed by atoms with E-state index in [0.717, 1.165) is 12.2 Å². The summed E-state index contributed by atoms with van der Waals surface area (Å²) in [5.74, 6) is 2.25. The van der Waals surface area contributed by atoms with Gasteiger partial charge in [-0.25, -0.2) is 0 Å². The van der Waals surface area contributed by atoms with Gasteiger partial charge in [-0.3, -0.25) is 4.79 Å². The van der Waals surface area contributed by atoms with Crippen molar-refractivity contribution in [2.75, 3.05) is 5.75 Å². The van der Waals surface area contributed by atoms with Gasteiger partial charge in [0, 0.05) is 0 Å². The molecular formula is C7H10ClNO2S. The molecule has 1 N–H and O–H groups in total. The summed E-state index contributed by atoms with van der Waals surface area (Å²) in [6.07, 6.45) is 1.11. The highest BCUT2D eigenvalue weighted by Crippen LogP contribution is 2.17. The first kappa shape index (κ1) is 9.74. The van der Waals surface area contributed by atoms with Gasteiger partial charge in [-0.15, -0.1) is 0 Å². The Kier molecular flexibility index (Phi) is 3.75. The van der Waals surface area contributed by atoms with Crippen molar-refractivity contribution in [2.45, 2.75) is 19.1 Å². The van der Waals surface area contributed by atoms with Crippen molar-refractivity contribution in [1.29, 1.82) is 0 Å². The molecule has 1 rings (SSSR count). The van der Waals surface area contributed by atoms with E-state index in [1.165, 1.54) is 0 Å². The number of aromatic amines is 1. The molecule has 1 aromatic rings. The maximum absolute atomic E-state index is 10.8. The number of rotatable bonds is 4. The van der Waals surface area contributed by atoms with E-state index < -0.39 is 0 Å². The van der Waals surface area contributed by atoms with E-state index in [-0.39, 0.29) is 10.6 Å². The Bertz CT molecular complexity index is 294. The van der Waals surface area contributed by atoms with Gasteiger partial charge in [0.05, 0.1) is 5.75 Å². The highest BCUT2D eigenvalue weighted by molar-refractivity contribution is 7.98. The Morgan fingerprint density at radius 2 is 2.42 bits per heavy atom. The van der Waals surface area contributed by atoms with E-state index in [1.807, 2.05) is 0 Å². The van der Waals surface area contributed by atoms with Crippen molar-refractivity contribution in [2.24, 2.45) is 0 Å². The number of thioether (sulfide) groups is 1. The average Bonchev–Trinajstić information content (AvgIpc) is 2.36. The molecule has 0 bridgehead atoms. The molecule has 0 aromatic carbocycles. The van der Waals surface area contributed by atoms with Crippen LogP contribution >= 0.6 is 23.4 Å². The van der Waals surface area contributed by atoms with Gasteiger partial charge in [0.1, 0.15) is 0 Å². The van der Waals surface area contributed by atoms with E-state index in [9.17, 15) is 4.79 Å². The minimum Gasteiger partial charge on any atom is -0.381 e. The lowest BCUT2D eigenvalue weighted by molar-refractivity contribution is 0.390. The monoisotopic (exact) mass is 207 g/mol. The Labute approximate surface area is 79.4 Å². The lowest BCUT2D eigenvalue weighted by Crippen LogP contribution is -1.96. The fourth-order valence-corrected chi connectivity index (χ4v) is 1.77. The minimum absolute atomic E-state index is 0.179. The summed E-state index contributed by atoms with van der Waals surface area (Å²) in [5.41, 5.74) is -0.344. The largest absolute Gasteiger partial charge is 0.381 e. The Morgan fingerprint density at radius 1 is 1.67 bits per heavy atom. The van der Waals surface area contributed by atoms with E-state index in [4.69, 9.17) is 16.1 Å². The van der Waals surface area contributed by atoms with Crippen molar-refractivity contribution in [3.63, 3.8) is 0 Å². The number of halogens is 1.